The Bertz CT molecular complexity index is 574. The summed E-state index contributed by atoms with van der Waals surface area (Å²) in [7, 11) is 0. The van der Waals surface area contributed by atoms with Crippen molar-refractivity contribution in [2.24, 2.45) is 0 Å². The molecule has 0 aliphatic heterocycles. The van der Waals surface area contributed by atoms with Crippen molar-refractivity contribution >= 4 is 0 Å². The van der Waals surface area contributed by atoms with Gasteiger partial charge in [-0.3, -0.25) is 0 Å². The quantitative estimate of drug-likeness (QED) is 0.896. The summed E-state index contributed by atoms with van der Waals surface area (Å²) in [4.78, 5) is 0. The van der Waals surface area contributed by atoms with Crippen LogP contribution in [0, 0.1) is 5.82 Å². The van der Waals surface area contributed by atoms with Gasteiger partial charge in [0.05, 0.1) is 6.10 Å². The molecule has 0 amide bonds. The van der Waals surface area contributed by atoms with Crippen LogP contribution >= 0.6 is 0 Å². The summed E-state index contributed by atoms with van der Waals surface area (Å²) in [5.74, 6) is -0.310. The molecule has 0 aromatic heterocycles. The number of rotatable bonds is 4. The van der Waals surface area contributed by atoms with Crippen molar-refractivity contribution in [2.45, 2.75) is 25.0 Å². The van der Waals surface area contributed by atoms with Crippen LogP contribution in [-0.4, -0.2) is 17.7 Å². The minimum absolute atomic E-state index is 0.310. The van der Waals surface area contributed by atoms with Gasteiger partial charge in [0.2, 0.25) is 0 Å². The van der Waals surface area contributed by atoms with Crippen molar-refractivity contribution in [1.29, 1.82) is 0 Å². The van der Waals surface area contributed by atoms with Gasteiger partial charge in [0.1, 0.15) is 5.82 Å². The third-order valence-electron chi connectivity index (χ3n) is 3.88. The van der Waals surface area contributed by atoms with Crippen molar-refractivity contribution in [3.8, 4) is 0 Å². The van der Waals surface area contributed by atoms with Gasteiger partial charge in [0.15, 0.2) is 0 Å². The molecule has 2 N–H and O–H groups in total. The Morgan fingerprint density at radius 3 is 2.45 bits per heavy atom. The second kappa shape index (κ2) is 5.73. The molecule has 1 aliphatic carbocycles. The van der Waals surface area contributed by atoms with E-state index in [0.717, 1.165) is 12.8 Å². The number of halogens is 1. The first kappa shape index (κ1) is 13.3. The fourth-order valence-electron chi connectivity index (χ4n) is 2.81. The summed E-state index contributed by atoms with van der Waals surface area (Å²) in [5.41, 5.74) is 3.38. The van der Waals surface area contributed by atoms with Gasteiger partial charge >= 0.3 is 0 Å². The Labute approximate surface area is 118 Å². The molecule has 104 valence electrons. The summed E-state index contributed by atoms with van der Waals surface area (Å²) < 4.78 is 13.1. The third-order valence-corrected chi connectivity index (χ3v) is 3.88. The van der Waals surface area contributed by atoms with Crippen molar-refractivity contribution < 1.29 is 9.50 Å². The maximum Gasteiger partial charge on any atom is 0.123 e. The molecule has 1 atom stereocenters. The van der Waals surface area contributed by atoms with E-state index in [1.807, 2.05) is 0 Å². The first-order chi connectivity index (χ1) is 9.72. The number of aliphatic hydroxyl groups excluding tert-OH is 1. The van der Waals surface area contributed by atoms with Gasteiger partial charge in [0.25, 0.3) is 0 Å². The summed E-state index contributed by atoms with van der Waals surface area (Å²) in [6.45, 7) is 0.447. The Morgan fingerprint density at radius 2 is 1.80 bits per heavy atom. The predicted molar refractivity (Wildman–Crippen MR) is 77.0 cm³/mol. The molecule has 2 aromatic rings. The van der Waals surface area contributed by atoms with Gasteiger partial charge < -0.3 is 10.4 Å². The first-order valence-corrected chi connectivity index (χ1v) is 6.96. The number of fused-ring (bicyclic) bond motifs is 1. The zero-order valence-corrected chi connectivity index (χ0v) is 11.2. The average Bonchev–Trinajstić information content (AvgIpc) is 2.87. The van der Waals surface area contributed by atoms with E-state index in [2.05, 4.69) is 29.6 Å². The van der Waals surface area contributed by atoms with Crippen molar-refractivity contribution in [1.82, 2.24) is 5.32 Å². The molecule has 2 aromatic carbocycles. The Hall–Kier alpha value is -1.71. The maximum atomic E-state index is 13.1. The Kier molecular flexibility index (Phi) is 3.81. The van der Waals surface area contributed by atoms with Gasteiger partial charge in [0, 0.05) is 12.6 Å². The van der Waals surface area contributed by atoms with Crippen LogP contribution in [0.4, 0.5) is 4.39 Å². The SMILES string of the molecule is OC(CNC1Cc2ccccc2C1)c1cccc(F)c1. The van der Waals surface area contributed by atoms with E-state index in [1.165, 1.54) is 23.3 Å². The normalized spacial score (nSPS) is 16.1. The molecule has 0 saturated carbocycles. The van der Waals surface area contributed by atoms with E-state index in [1.54, 1.807) is 12.1 Å². The van der Waals surface area contributed by atoms with E-state index in [-0.39, 0.29) is 5.82 Å². The van der Waals surface area contributed by atoms with Crippen molar-refractivity contribution in [3.63, 3.8) is 0 Å². The first-order valence-electron chi connectivity index (χ1n) is 6.96. The minimum Gasteiger partial charge on any atom is -0.387 e. The molecule has 20 heavy (non-hydrogen) atoms. The molecule has 2 nitrogen and oxygen atoms in total. The van der Waals surface area contributed by atoms with Crippen LogP contribution in [0.5, 0.6) is 0 Å². The van der Waals surface area contributed by atoms with E-state index in [0.29, 0.717) is 18.2 Å². The summed E-state index contributed by atoms with van der Waals surface area (Å²) in [5, 5.41) is 13.5. The fraction of sp³-hybridized carbons (Fsp3) is 0.294. The molecular weight excluding hydrogens is 253 g/mol. The minimum atomic E-state index is -0.672. The van der Waals surface area contributed by atoms with Crippen LogP contribution in [0.15, 0.2) is 48.5 Å². The highest BCUT2D eigenvalue weighted by atomic mass is 19.1. The van der Waals surface area contributed by atoms with Gasteiger partial charge in [-0.25, -0.2) is 4.39 Å². The Balaban J connectivity index is 1.56. The number of hydrogen-bond donors (Lipinski definition) is 2. The van der Waals surface area contributed by atoms with Gasteiger partial charge in [-0.15, -0.1) is 0 Å². The highest BCUT2D eigenvalue weighted by Crippen LogP contribution is 2.22. The maximum absolute atomic E-state index is 13.1. The van der Waals surface area contributed by atoms with Crippen LogP contribution in [0.3, 0.4) is 0 Å². The average molecular weight is 271 g/mol. The molecule has 1 aliphatic rings. The summed E-state index contributed by atoms with van der Waals surface area (Å²) in [6, 6.07) is 14.9. The lowest BCUT2D eigenvalue weighted by atomic mass is 10.1. The molecule has 0 spiro atoms. The molecule has 0 heterocycles. The van der Waals surface area contributed by atoms with E-state index < -0.39 is 6.10 Å². The summed E-state index contributed by atoms with van der Waals surface area (Å²) >= 11 is 0. The van der Waals surface area contributed by atoms with E-state index in [9.17, 15) is 9.50 Å². The van der Waals surface area contributed by atoms with E-state index >= 15 is 0 Å². The van der Waals surface area contributed by atoms with E-state index in [4.69, 9.17) is 0 Å². The van der Waals surface area contributed by atoms with Crippen LogP contribution < -0.4 is 5.32 Å². The van der Waals surface area contributed by atoms with Crippen LogP contribution in [0.2, 0.25) is 0 Å². The predicted octanol–water partition coefficient (Wildman–Crippen LogP) is 2.62. The third kappa shape index (κ3) is 2.89. The number of hydrogen-bond acceptors (Lipinski definition) is 2. The number of nitrogens with one attached hydrogen (secondary N) is 1. The highest BCUT2D eigenvalue weighted by molar-refractivity contribution is 5.33. The molecular formula is C17H18FNO. The molecule has 3 rings (SSSR count). The zero-order chi connectivity index (χ0) is 13.9. The molecule has 0 bridgehead atoms. The topological polar surface area (TPSA) is 32.3 Å². The standard InChI is InChI=1S/C17H18FNO/c18-15-7-3-6-14(8-15)17(20)11-19-16-9-12-4-1-2-5-13(12)10-16/h1-8,16-17,19-20H,9-11H2. The molecule has 0 radical (unpaired) electrons. The zero-order valence-electron chi connectivity index (χ0n) is 11.2. The second-order valence-electron chi connectivity index (χ2n) is 5.35. The van der Waals surface area contributed by atoms with Gasteiger partial charge in [-0.1, -0.05) is 36.4 Å². The highest BCUT2D eigenvalue weighted by Gasteiger charge is 2.21. The van der Waals surface area contributed by atoms with Crippen LogP contribution in [0.1, 0.15) is 22.8 Å². The largest absolute Gasteiger partial charge is 0.387 e. The smallest absolute Gasteiger partial charge is 0.123 e. The molecule has 0 saturated heterocycles. The van der Waals surface area contributed by atoms with Gasteiger partial charge in [-0.2, -0.15) is 0 Å². The lowest BCUT2D eigenvalue weighted by Gasteiger charge is -2.16. The van der Waals surface area contributed by atoms with Crippen molar-refractivity contribution in [2.75, 3.05) is 6.54 Å². The molecule has 3 heteroatoms. The second-order valence-corrected chi connectivity index (χ2v) is 5.35. The van der Waals surface area contributed by atoms with Crippen molar-refractivity contribution in [3.05, 3.63) is 71.0 Å². The summed E-state index contributed by atoms with van der Waals surface area (Å²) in [6.07, 6.45) is 1.31. The monoisotopic (exact) mass is 271 g/mol. The number of aliphatic hydroxyl groups is 1. The molecule has 1 unspecified atom stereocenters. The lowest BCUT2D eigenvalue weighted by Crippen LogP contribution is -2.33. The van der Waals surface area contributed by atoms with Crippen LogP contribution in [0.25, 0.3) is 0 Å². The Morgan fingerprint density at radius 1 is 1.10 bits per heavy atom. The van der Waals surface area contributed by atoms with Gasteiger partial charge in [-0.05, 0) is 41.7 Å². The van der Waals surface area contributed by atoms with Crippen LogP contribution in [-0.2, 0) is 12.8 Å². The lowest BCUT2D eigenvalue weighted by molar-refractivity contribution is 0.169. The fourth-order valence-corrected chi connectivity index (χ4v) is 2.81. The molecule has 0 fully saturated rings. The number of benzene rings is 2.